The Bertz CT molecular complexity index is 759. The zero-order chi connectivity index (χ0) is 18.7. The van der Waals surface area contributed by atoms with Gasteiger partial charge in [0.25, 0.3) is 0 Å². The summed E-state index contributed by atoms with van der Waals surface area (Å²) in [7, 11) is 1.82. The number of amides is 1. The monoisotopic (exact) mass is 375 g/mol. The van der Waals surface area contributed by atoms with Gasteiger partial charge in [0.2, 0.25) is 5.91 Å². The predicted octanol–water partition coefficient (Wildman–Crippen LogP) is 4.66. The van der Waals surface area contributed by atoms with Crippen molar-refractivity contribution < 1.29 is 9.21 Å². The minimum absolute atomic E-state index is 0.0950. The topological polar surface area (TPSA) is 51.3 Å². The maximum absolute atomic E-state index is 12.5. The smallest absolute Gasteiger partial charge is 0.233 e. The van der Waals surface area contributed by atoms with E-state index in [9.17, 15) is 4.79 Å². The number of rotatable bonds is 6. The second-order valence-electron chi connectivity index (χ2n) is 7.28. The fraction of sp³-hybridized carbons (Fsp3) is 0.600. The largest absolute Gasteiger partial charge is 0.464 e. The van der Waals surface area contributed by atoms with E-state index in [-0.39, 0.29) is 5.91 Å². The molecule has 2 aromatic rings. The maximum atomic E-state index is 12.5. The summed E-state index contributed by atoms with van der Waals surface area (Å²) in [5.74, 6) is 2.19. The number of carbonyl (C=O) groups is 1. The molecule has 0 spiro atoms. The quantitative estimate of drug-likeness (QED) is 0.689. The second-order valence-corrected chi connectivity index (χ2v) is 8.22. The summed E-state index contributed by atoms with van der Waals surface area (Å²) in [6.45, 7) is 6.62. The van der Waals surface area contributed by atoms with Crippen molar-refractivity contribution in [1.29, 1.82) is 0 Å². The summed E-state index contributed by atoms with van der Waals surface area (Å²) in [4.78, 5) is 19.0. The van der Waals surface area contributed by atoms with Gasteiger partial charge in [-0.05, 0) is 45.7 Å². The highest BCUT2D eigenvalue weighted by Gasteiger charge is 2.23. The van der Waals surface area contributed by atoms with Crippen LogP contribution in [0.25, 0.3) is 0 Å². The molecule has 0 bridgehead atoms. The molecular weight excluding hydrogens is 346 g/mol. The molecular formula is C20H29N3O2S. The minimum Gasteiger partial charge on any atom is -0.464 e. The summed E-state index contributed by atoms with van der Waals surface area (Å²) in [6.07, 6.45) is 6.35. The first-order valence-corrected chi connectivity index (χ1v) is 10.4. The molecule has 0 aromatic carbocycles. The molecule has 0 atom stereocenters. The molecule has 26 heavy (non-hydrogen) atoms. The number of thioether (sulfide) groups is 1. The first-order valence-electron chi connectivity index (χ1n) is 9.43. The Hall–Kier alpha value is -1.69. The Morgan fingerprint density at radius 2 is 2.00 bits per heavy atom. The summed E-state index contributed by atoms with van der Waals surface area (Å²) in [5.41, 5.74) is 2.32. The van der Waals surface area contributed by atoms with Gasteiger partial charge < -0.3 is 13.9 Å². The van der Waals surface area contributed by atoms with Crippen LogP contribution in [0.2, 0.25) is 0 Å². The van der Waals surface area contributed by atoms with Crippen molar-refractivity contribution in [1.82, 2.24) is 14.5 Å². The number of aryl methyl sites for hydroxylation is 2. The molecule has 0 radical (unpaired) electrons. The molecule has 6 heteroatoms. The Morgan fingerprint density at radius 1 is 1.27 bits per heavy atom. The van der Waals surface area contributed by atoms with Crippen LogP contribution in [0, 0.1) is 20.8 Å². The molecule has 1 amide bonds. The molecule has 0 N–H and O–H groups in total. The molecule has 0 unspecified atom stereocenters. The van der Waals surface area contributed by atoms with Crippen LogP contribution in [0.15, 0.2) is 21.7 Å². The van der Waals surface area contributed by atoms with E-state index in [2.05, 4.69) is 18.4 Å². The lowest BCUT2D eigenvalue weighted by atomic mass is 9.95. The molecule has 0 saturated heterocycles. The summed E-state index contributed by atoms with van der Waals surface area (Å²) < 4.78 is 7.94. The third-order valence-electron chi connectivity index (χ3n) is 5.23. The minimum atomic E-state index is 0.0950. The van der Waals surface area contributed by atoms with Gasteiger partial charge in [-0.15, -0.1) is 0 Å². The van der Waals surface area contributed by atoms with Gasteiger partial charge in [0.15, 0.2) is 5.16 Å². The highest BCUT2D eigenvalue weighted by Crippen LogP contribution is 2.34. The van der Waals surface area contributed by atoms with Crippen LogP contribution in [0.5, 0.6) is 0 Å². The SMILES string of the molecule is Cc1ccc(CN(C)C(=O)CSc2nc(C)c(C)n2C2CCCCC2)o1. The summed E-state index contributed by atoms with van der Waals surface area (Å²) in [6, 6.07) is 4.38. The fourth-order valence-electron chi connectivity index (χ4n) is 3.60. The molecule has 1 fully saturated rings. The van der Waals surface area contributed by atoms with E-state index in [1.807, 2.05) is 26.1 Å². The highest BCUT2D eigenvalue weighted by molar-refractivity contribution is 7.99. The van der Waals surface area contributed by atoms with E-state index in [0.29, 0.717) is 18.3 Å². The average molecular weight is 376 g/mol. The van der Waals surface area contributed by atoms with E-state index in [0.717, 1.165) is 22.4 Å². The van der Waals surface area contributed by atoms with Crippen molar-refractivity contribution in [2.24, 2.45) is 0 Å². The van der Waals surface area contributed by atoms with Crippen LogP contribution in [-0.2, 0) is 11.3 Å². The predicted molar refractivity (Wildman–Crippen MR) is 104 cm³/mol. The van der Waals surface area contributed by atoms with Crippen LogP contribution >= 0.6 is 11.8 Å². The fourth-order valence-corrected chi connectivity index (χ4v) is 4.70. The molecule has 5 nitrogen and oxygen atoms in total. The number of furan rings is 1. The molecule has 1 aliphatic rings. The van der Waals surface area contributed by atoms with E-state index in [1.54, 1.807) is 16.7 Å². The zero-order valence-corrected chi connectivity index (χ0v) is 17.1. The number of hydrogen-bond acceptors (Lipinski definition) is 4. The van der Waals surface area contributed by atoms with Gasteiger partial charge in [-0.3, -0.25) is 4.79 Å². The van der Waals surface area contributed by atoms with Gasteiger partial charge in [0.1, 0.15) is 11.5 Å². The van der Waals surface area contributed by atoms with Crippen molar-refractivity contribution in [3.8, 4) is 0 Å². The van der Waals surface area contributed by atoms with Gasteiger partial charge in [-0.25, -0.2) is 4.98 Å². The third kappa shape index (κ3) is 4.34. The van der Waals surface area contributed by atoms with E-state index < -0.39 is 0 Å². The number of imidazole rings is 1. The van der Waals surface area contributed by atoms with E-state index in [4.69, 9.17) is 9.40 Å². The second kappa shape index (κ2) is 8.33. The Balaban J connectivity index is 1.63. The molecule has 0 aliphatic heterocycles. The third-order valence-corrected chi connectivity index (χ3v) is 6.17. The van der Waals surface area contributed by atoms with Gasteiger partial charge in [0, 0.05) is 18.8 Å². The van der Waals surface area contributed by atoms with Crippen molar-refractivity contribution in [2.75, 3.05) is 12.8 Å². The van der Waals surface area contributed by atoms with E-state index in [1.165, 1.54) is 37.8 Å². The van der Waals surface area contributed by atoms with Crippen LogP contribution < -0.4 is 0 Å². The molecule has 2 heterocycles. The highest BCUT2D eigenvalue weighted by atomic mass is 32.2. The zero-order valence-electron chi connectivity index (χ0n) is 16.2. The lowest BCUT2D eigenvalue weighted by Gasteiger charge is -2.26. The van der Waals surface area contributed by atoms with Crippen LogP contribution in [0.3, 0.4) is 0 Å². The van der Waals surface area contributed by atoms with Gasteiger partial charge in [-0.2, -0.15) is 0 Å². The number of carbonyl (C=O) groups excluding carboxylic acids is 1. The Labute approximate surface area is 160 Å². The van der Waals surface area contributed by atoms with Gasteiger partial charge in [0.05, 0.1) is 18.0 Å². The molecule has 2 aromatic heterocycles. The molecule has 1 aliphatic carbocycles. The first-order chi connectivity index (χ1) is 12.5. The van der Waals surface area contributed by atoms with Crippen molar-refractivity contribution in [2.45, 2.75) is 70.6 Å². The Morgan fingerprint density at radius 3 is 2.65 bits per heavy atom. The maximum Gasteiger partial charge on any atom is 0.233 e. The number of hydrogen-bond donors (Lipinski definition) is 0. The van der Waals surface area contributed by atoms with E-state index >= 15 is 0 Å². The van der Waals surface area contributed by atoms with Crippen molar-refractivity contribution >= 4 is 17.7 Å². The van der Waals surface area contributed by atoms with Crippen molar-refractivity contribution in [3.05, 3.63) is 35.0 Å². The van der Waals surface area contributed by atoms with Gasteiger partial charge >= 0.3 is 0 Å². The Kier molecular flexibility index (Phi) is 6.12. The first kappa shape index (κ1) is 19.1. The average Bonchev–Trinajstić information content (AvgIpc) is 3.16. The van der Waals surface area contributed by atoms with Crippen molar-refractivity contribution in [3.63, 3.8) is 0 Å². The number of nitrogens with zero attached hydrogens (tertiary/aromatic N) is 3. The summed E-state index contributed by atoms with van der Waals surface area (Å²) >= 11 is 1.56. The van der Waals surface area contributed by atoms with Crippen LogP contribution in [0.1, 0.15) is 61.1 Å². The molecule has 3 rings (SSSR count). The standard InChI is InChI=1S/C20H29N3O2S/c1-14-10-11-18(25-14)12-22(4)19(24)13-26-20-21-15(2)16(3)23(20)17-8-6-5-7-9-17/h10-11,17H,5-9,12-13H2,1-4H3. The normalized spacial score (nSPS) is 15.4. The van der Waals surface area contributed by atoms with Gasteiger partial charge in [-0.1, -0.05) is 31.0 Å². The number of aromatic nitrogens is 2. The lowest BCUT2D eigenvalue weighted by molar-refractivity contribution is -0.127. The molecule has 1 saturated carbocycles. The molecule has 142 valence electrons. The van der Waals surface area contributed by atoms with Crippen LogP contribution in [-0.4, -0.2) is 33.2 Å². The lowest BCUT2D eigenvalue weighted by Crippen LogP contribution is -2.27. The van der Waals surface area contributed by atoms with Crippen LogP contribution in [0.4, 0.5) is 0 Å². The summed E-state index contributed by atoms with van der Waals surface area (Å²) in [5, 5.41) is 0.988.